The number of fused-ring (bicyclic) bond motifs is 1. The van der Waals surface area contributed by atoms with Gasteiger partial charge in [-0.15, -0.1) is 0 Å². The predicted octanol–water partition coefficient (Wildman–Crippen LogP) is 2.12. The Balaban J connectivity index is 1.61. The molecule has 0 saturated carbocycles. The summed E-state index contributed by atoms with van der Waals surface area (Å²) >= 11 is 0. The van der Waals surface area contributed by atoms with Crippen LogP contribution in [0.25, 0.3) is 11.0 Å². The average molecular weight is 451 g/mol. The Bertz CT molecular complexity index is 1070. The minimum Gasteiger partial charge on any atom is -0.394 e. The second-order valence-corrected chi connectivity index (χ2v) is 8.26. The van der Waals surface area contributed by atoms with Gasteiger partial charge in [-0.25, -0.2) is 24.8 Å². The quantitative estimate of drug-likeness (QED) is 0.432. The van der Waals surface area contributed by atoms with Crippen molar-refractivity contribution >= 4 is 34.5 Å². The number of hydrazine groups is 1. The van der Waals surface area contributed by atoms with Crippen LogP contribution in [0.3, 0.4) is 0 Å². The highest BCUT2D eigenvalue weighted by molar-refractivity contribution is 5.90. The molecule has 0 bridgehead atoms. The summed E-state index contributed by atoms with van der Waals surface area (Å²) in [6.45, 7) is 7.15. The molecular formula is C23H30N8O2. The maximum Gasteiger partial charge on any atom is 0.320 e. The maximum absolute atomic E-state index is 12.4. The molecule has 0 radical (unpaired) electrons. The lowest BCUT2D eigenvalue weighted by molar-refractivity contribution is 0.204. The lowest BCUT2D eigenvalue weighted by atomic mass is 10.1. The Kier molecular flexibility index (Phi) is 7.28. The zero-order chi connectivity index (χ0) is 23.2. The molecule has 1 atom stereocenters. The summed E-state index contributed by atoms with van der Waals surface area (Å²) in [6.07, 6.45) is 1.74. The summed E-state index contributed by atoms with van der Waals surface area (Å²) in [5.74, 6) is 0.998. The maximum atomic E-state index is 12.4. The lowest BCUT2D eigenvalue weighted by Gasteiger charge is -2.37. The van der Waals surface area contributed by atoms with Gasteiger partial charge in [0.2, 0.25) is 5.95 Å². The predicted molar refractivity (Wildman–Crippen MR) is 128 cm³/mol. The zero-order valence-corrected chi connectivity index (χ0v) is 18.9. The fourth-order valence-electron chi connectivity index (χ4n) is 3.64. The van der Waals surface area contributed by atoms with Crippen molar-refractivity contribution in [3.8, 4) is 0 Å². The number of aliphatic hydroxyl groups is 1. The SMILES string of the molecule is CC(C)C(CO)NC(=O)Nc1ccc2cnc(N(c3ccccc3)N3CCNCC3)nc2n1. The van der Waals surface area contributed by atoms with Crippen molar-refractivity contribution in [3.63, 3.8) is 0 Å². The molecule has 1 aromatic carbocycles. The molecule has 1 fully saturated rings. The van der Waals surface area contributed by atoms with E-state index in [4.69, 9.17) is 4.98 Å². The highest BCUT2D eigenvalue weighted by Crippen LogP contribution is 2.26. The number of rotatable bonds is 7. The Labute approximate surface area is 193 Å². The number of hydrogen-bond donors (Lipinski definition) is 4. The number of anilines is 3. The van der Waals surface area contributed by atoms with Crippen LogP contribution in [0.15, 0.2) is 48.7 Å². The first-order valence-corrected chi connectivity index (χ1v) is 11.2. The third-order valence-corrected chi connectivity index (χ3v) is 5.56. The van der Waals surface area contributed by atoms with E-state index in [-0.39, 0.29) is 18.6 Å². The number of pyridine rings is 1. The number of benzene rings is 1. The van der Waals surface area contributed by atoms with E-state index >= 15 is 0 Å². The minimum absolute atomic E-state index is 0.106. The van der Waals surface area contributed by atoms with E-state index in [1.54, 1.807) is 12.3 Å². The molecule has 4 rings (SSSR count). The second kappa shape index (κ2) is 10.5. The number of piperazine rings is 1. The molecule has 1 aliphatic rings. The Morgan fingerprint density at radius 3 is 2.61 bits per heavy atom. The fourth-order valence-corrected chi connectivity index (χ4v) is 3.64. The molecule has 0 aliphatic carbocycles. The molecule has 0 spiro atoms. The monoisotopic (exact) mass is 450 g/mol. The molecule has 33 heavy (non-hydrogen) atoms. The standard InChI is InChI=1S/C23H30N8O2/c1-16(2)19(15-32)26-23(33)28-20-9-8-17-14-25-22(29-21(17)27-20)31(18-6-4-3-5-7-18)30-12-10-24-11-13-30/h3-9,14,16,19,24,32H,10-13,15H2,1-2H3,(H2,25,26,27,28,29,33). The van der Waals surface area contributed by atoms with Gasteiger partial charge < -0.3 is 15.7 Å². The van der Waals surface area contributed by atoms with Crippen LogP contribution in [0.4, 0.5) is 22.2 Å². The van der Waals surface area contributed by atoms with Crippen molar-refractivity contribution in [1.29, 1.82) is 0 Å². The van der Waals surface area contributed by atoms with Crippen molar-refractivity contribution in [1.82, 2.24) is 30.6 Å². The van der Waals surface area contributed by atoms with Crippen molar-refractivity contribution in [2.75, 3.05) is 43.1 Å². The minimum atomic E-state index is -0.421. The third-order valence-electron chi connectivity index (χ3n) is 5.56. The first-order chi connectivity index (χ1) is 16.0. The second-order valence-electron chi connectivity index (χ2n) is 8.26. The molecule has 10 nitrogen and oxygen atoms in total. The number of hydrogen-bond acceptors (Lipinski definition) is 8. The Morgan fingerprint density at radius 1 is 1.15 bits per heavy atom. The van der Waals surface area contributed by atoms with Gasteiger partial charge in [0, 0.05) is 37.8 Å². The number of carbonyl (C=O) groups is 1. The van der Waals surface area contributed by atoms with Gasteiger partial charge in [0.05, 0.1) is 18.3 Å². The van der Waals surface area contributed by atoms with Gasteiger partial charge in [0.1, 0.15) is 5.82 Å². The van der Waals surface area contributed by atoms with E-state index in [9.17, 15) is 9.90 Å². The molecule has 2 amide bonds. The van der Waals surface area contributed by atoms with E-state index in [2.05, 4.69) is 30.9 Å². The van der Waals surface area contributed by atoms with E-state index in [0.717, 1.165) is 37.3 Å². The molecule has 2 aromatic heterocycles. The smallest absolute Gasteiger partial charge is 0.320 e. The third kappa shape index (κ3) is 5.54. The average Bonchev–Trinajstić information content (AvgIpc) is 2.83. The fraction of sp³-hybridized carbons (Fsp3) is 0.391. The first-order valence-electron chi connectivity index (χ1n) is 11.2. The molecule has 4 N–H and O–H groups in total. The van der Waals surface area contributed by atoms with E-state index < -0.39 is 6.03 Å². The van der Waals surface area contributed by atoms with Gasteiger partial charge in [-0.2, -0.15) is 4.98 Å². The molecule has 1 aliphatic heterocycles. The molecule has 3 heterocycles. The van der Waals surface area contributed by atoms with E-state index in [1.807, 2.05) is 55.3 Å². The summed E-state index contributed by atoms with van der Waals surface area (Å²) in [5, 5.41) is 23.3. The summed E-state index contributed by atoms with van der Waals surface area (Å²) in [4.78, 5) is 26.2. The van der Waals surface area contributed by atoms with Crippen molar-refractivity contribution in [2.24, 2.45) is 5.92 Å². The number of aliphatic hydroxyl groups excluding tert-OH is 1. The largest absolute Gasteiger partial charge is 0.394 e. The summed E-state index contributed by atoms with van der Waals surface area (Å²) in [5.41, 5.74) is 1.45. The van der Waals surface area contributed by atoms with Crippen LogP contribution in [0.5, 0.6) is 0 Å². The van der Waals surface area contributed by atoms with Crippen LogP contribution in [-0.4, -0.2) is 69.9 Å². The lowest BCUT2D eigenvalue weighted by Crippen LogP contribution is -2.51. The molecular weight excluding hydrogens is 420 g/mol. The van der Waals surface area contributed by atoms with Crippen LogP contribution in [0.1, 0.15) is 13.8 Å². The van der Waals surface area contributed by atoms with Gasteiger partial charge in [-0.1, -0.05) is 32.0 Å². The normalized spacial score (nSPS) is 15.4. The zero-order valence-electron chi connectivity index (χ0n) is 18.9. The van der Waals surface area contributed by atoms with E-state index in [0.29, 0.717) is 17.4 Å². The molecule has 1 unspecified atom stereocenters. The number of nitrogens with one attached hydrogen (secondary N) is 3. The van der Waals surface area contributed by atoms with Crippen molar-refractivity contribution in [3.05, 3.63) is 48.7 Å². The van der Waals surface area contributed by atoms with Crippen LogP contribution >= 0.6 is 0 Å². The molecule has 174 valence electrons. The van der Waals surface area contributed by atoms with Crippen molar-refractivity contribution in [2.45, 2.75) is 19.9 Å². The van der Waals surface area contributed by atoms with Crippen LogP contribution in [-0.2, 0) is 0 Å². The topological polar surface area (TPSA) is 119 Å². The van der Waals surface area contributed by atoms with Gasteiger partial charge in [0.25, 0.3) is 0 Å². The Morgan fingerprint density at radius 2 is 1.91 bits per heavy atom. The summed E-state index contributed by atoms with van der Waals surface area (Å²) in [6, 6.07) is 12.8. The molecule has 1 saturated heterocycles. The first kappa shape index (κ1) is 22.8. The van der Waals surface area contributed by atoms with Gasteiger partial charge in [-0.3, -0.25) is 5.32 Å². The number of para-hydroxylation sites is 1. The highest BCUT2D eigenvalue weighted by Gasteiger charge is 2.23. The van der Waals surface area contributed by atoms with Crippen LogP contribution < -0.4 is 21.0 Å². The number of amides is 2. The molecule has 10 heteroatoms. The van der Waals surface area contributed by atoms with Crippen LogP contribution in [0.2, 0.25) is 0 Å². The number of nitrogens with zero attached hydrogens (tertiary/aromatic N) is 5. The number of urea groups is 1. The van der Waals surface area contributed by atoms with E-state index in [1.165, 1.54) is 0 Å². The summed E-state index contributed by atoms with van der Waals surface area (Å²) < 4.78 is 0. The number of aromatic nitrogens is 3. The van der Waals surface area contributed by atoms with Gasteiger partial charge in [0.15, 0.2) is 5.65 Å². The van der Waals surface area contributed by atoms with Gasteiger partial charge in [-0.05, 0) is 30.2 Å². The number of carbonyl (C=O) groups excluding carboxylic acids is 1. The van der Waals surface area contributed by atoms with Crippen molar-refractivity contribution < 1.29 is 9.90 Å². The summed E-state index contributed by atoms with van der Waals surface area (Å²) in [7, 11) is 0. The van der Waals surface area contributed by atoms with Crippen LogP contribution in [0, 0.1) is 5.92 Å². The van der Waals surface area contributed by atoms with Gasteiger partial charge >= 0.3 is 6.03 Å². The molecule has 3 aromatic rings. The Hall–Kier alpha value is -3.34. The highest BCUT2D eigenvalue weighted by atomic mass is 16.3.